The molecular weight excluding hydrogens is 340 g/mol. The van der Waals surface area contributed by atoms with Gasteiger partial charge in [0.1, 0.15) is 0 Å². The van der Waals surface area contributed by atoms with Crippen LogP contribution in [0.5, 0.6) is 0 Å². The zero-order valence-electron chi connectivity index (χ0n) is 16.0. The van der Waals surface area contributed by atoms with Gasteiger partial charge in [0.05, 0.1) is 11.7 Å². The Morgan fingerprint density at radius 3 is 2.70 bits per heavy atom. The van der Waals surface area contributed by atoms with Gasteiger partial charge in [0.25, 0.3) is 5.91 Å². The topological polar surface area (TPSA) is 87.5 Å². The Hall–Kier alpha value is -2.08. The molecule has 4 aliphatic rings. The van der Waals surface area contributed by atoms with Crippen LogP contribution in [-0.2, 0) is 9.59 Å². The van der Waals surface area contributed by atoms with Crippen molar-refractivity contribution in [2.45, 2.75) is 69.6 Å². The number of amides is 2. The van der Waals surface area contributed by atoms with E-state index in [0.717, 1.165) is 32.1 Å². The van der Waals surface area contributed by atoms with Crippen molar-refractivity contribution in [1.82, 2.24) is 15.5 Å². The van der Waals surface area contributed by atoms with Gasteiger partial charge in [0, 0.05) is 30.5 Å². The van der Waals surface area contributed by atoms with E-state index in [4.69, 9.17) is 5.73 Å². The fourth-order valence-electron chi connectivity index (χ4n) is 5.11. The predicted molar refractivity (Wildman–Crippen MR) is 105 cm³/mol. The summed E-state index contributed by atoms with van der Waals surface area (Å²) in [7, 11) is 0. The van der Waals surface area contributed by atoms with E-state index in [1.54, 1.807) is 0 Å². The van der Waals surface area contributed by atoms with Crippen LogP contribution in [0.3, 0.4) is 0 Å². The van der Waals surface area contributed by atoms with E-state index in [-0.39, 0.29) is 41.9 Å². The SMILES string of the molecule is CC1=CC=CC2C=C(C(=O)NC3C[C@H]4CC[C@@H](C3)N4C(=O)CCCN)NC12. The molecule has 0 spiro atoms. The van der Waals surface area contributed by atoms with Crippen molar-refractivity contribution in [1.29, 1.82) is 0 Å². The van der Waals surface area contributed by atoms with Gasteiger partial charge in [-0.2, -0.15) is 0 Å². The summed E-state index contributed by atoms with van der Waals surface area (Å²) in [5.74, 6) is 0.475. The number of piperidine rings is 1. The Bertz CT molecular complexity index is 697. The minimum atomic E-state index is -0.0158. The molecule has 0 radical (unpaired) electrons. The molecule has 0 aromatic heterocycles. The molecule has 5 atom stereocenters. The number of nitrogens with one attached hydrogen (secondary N) is 2. The van der Waals surface area contributed by atoms with Crippen molar-refractivity contribution >= 4 is 11.8 Å². The van der Waals surface area contributed by atoms with Crippen molar-refractivity contribution in [3.8, 4) is 0 Å². The third-order valence-electron chi connectivity index (χ3n) is 6.43. The fraction of sp³-hybridized carbons (Fsp3) is 0.619. The summed E-state index contributed by atoms with van der Waals surface area (Å²) in [5.41, 5.74) is 7.48. The first-order chi connectivity index (χ1) is 13.1. The number of nitrogens with two attached hydrogens (primary N) is 1. The molecule has 2 saturated heterocycles. The number of nitrogens with zero attached hydrogens (tertiary/aromatic N) is 1. The van der Waals surface area contributed by atoms with E-state index in [0.29, 0.717) is 18.7 Å². The molecule has 4 N–H and O–H groups in total. The molecule has 2 bridgehead atoms. The summed E-state index contributed by atoms with van der Waals surface area (Å²) in [5, 5.41) is 6.59. The maximum Gasteiger partial charge on any atom is 0.267 e. The van der Waals surface area contributed by atoms with Crippen molar-refractivity contribution in [3.63, 3.8) is 0 Å². The Labute approximate surface area is 160 Å². The Morgan fingerprint density at radius 1 is 1.30 bits per heavy atom. The second-order valence-corrected chi connectivity index (χ2v) is 8.30. The lowest BCUT2D eigenvalue weighted by molar-refractivity contribution is -0.136. The highest BCUT2D eigenvalue weighted by Gasteiger charge is 2.43. The zero-order valence-corrected chi connectivity index (χ0v) is 16.0. The quantitative estimate of drug-likeness (QED) is 0.682. The number of fused-ring (bicyclic) bond motifs is 3. The smallest absolute Gasteiger partial charge is 0.267 e. The second-order valence-electron chi connectivity index (χ2n) is 8.30. The molecule has 6 heteroatoms. The molecule has 6 nitrogen and oxygen atoms in total. The van der Waals surface area contributed by atoms with Crippen molar-refractivity contribution in [3.05, 3.63) is 35.6 Å². The van der Waals surface area contributed by atoms with E-state index in [2.05, 4.69) is 40.7 Å². The molecule has 3 heterocycles. The summed E-state index contributed by atoms with van der Waals surface area (Å²) in [6, 6.07) is 0.876. The van der Waals surface area contributed by atoms with Gasteiger partial charge in [0.15, 0.2) is 0 Å². The van der Waals surface area contributed by atoms with Crippen LogP contribution in [-0.4, -0.2) is 47.4 Å². The molecule has 3 unspecified atom stereocenters. The summed E-state index contributed by atoms with van der Waals surface area (Å²) in [6.45, 7) is 2.65. The normalized spacial score (nSPS) is 33.9. The third-order valence-corrected chi connectivity index (χ3v) is 6.43. The average molecular weight is 370 g/mol. The largest absolute Gasteiger partial charge is 0.373 e. The van der Waals surface area contributed by atoms with E-state index >= 15 is 0 Å². The van der Waals surface area contributed by atoms with Gasteiger partial charge in [-0.3, -0.25) is 9.59 Å². The van der Waals surface area contributed by atoms with Gasteiger partial charge < -0.3 is 21.3 Å². The lowest BCUT2D eigenvalue weighted by atomic mass is 9.92. The molecule has 27 heavy (non-hydrogen) atoms. The number of hydrogen-bond donors (Lipinski definition) is 3. The van der Waals surface area contributed by atoms with E-state index in [9.17, 15) is 9.59 Å². The molecular formula is C21H30N4O2. The molecule has 1 aliphatic carbocycles. The van der Waals surface area contributed by atoms with Gasteiger partial charge >= 0.3 is 0 Å². The van der Waals surface area contributed by atoms with Gasteiger partial charge in [-0.05, 0) is 51.6 Å². The van der Waals surface area contributed by atoms with E-state index < -0.39 is 0 Å². The maximum absolute atomic E-state index is 12.8. The minimum absolute atomic E-state index is 0.0158. The molecule has 0 aromatic rings. The highest BCUT2D eigenvalue weighted by Crippen LogP contribution is 2.36. The summed E-state index contributed by atoms with van der Waals surface area (Å²) >= 11 is 0. The number of carbonyl (C=O) groups is 2. The number of rotatable bonds is 5. The Balaban J connectivity index is 1.34. The van der Waals surface area contributed by atoms with Gasteiger partial charge in [-0.1, -0.05) is 23.8 Å². The Morgan fingerprint density at radius 2 is 2.04 bits per heavy atom. The fourth-order valence-corrected chi connectivity index (χ4v) is 5.11. The van der Waals surface area contributed by atoms with Crippen LogP contribution in [0.1, 0.15) is 45.4 Å². The molecule has 3 aliphatic heterocycles. The molecule has 4 rings (SSSR count). The van der Waals surface area contributed by atoms with Crippen LogP contribution >= 0.6 is 0 Å². The predicted octanol–water partition coefficient (Wildman–Crippen LogP) is 1.35. The first-order valence-electron chi connectivity index (χ1n) is 10.2. The summed E-state index contributed by atoms with van der Waals surface area (Å²) < 4.78 is 0. The van der Waals surface area contributed by atoms with E-state index in [1.165, 1.54) is 5.57 Å². The summed E-state index contributed by atoms with van der Waals surface area (Å²) in [4.78, 5) is 27.3. The average Bonchev–Trinajstić information content (AvgIpc) is 3.20. The molecule has 2 fully saturated rings. The highest BCUT2D eigenvalue weighted by molar-refractivity contribution is 5.94. The second kappa shape index (κ2) is 7.50. The number of allylic oxidation sites excluding steroid dienone is 2. The van der Waals surface area contributed by atoms with Gasteiger partial charge in [0.2, 0.25) is 5.91 Å². The third kappa shape index (κ3) is 3.55. The van der Waals surface area contributed by atoms with Gasteiger partial charge in [-0.25, -0.2) is 0 Å². The van der Waals surface area contributed by atoms with Crippen LogP contribution in [0.25, 0.3) is 0 Å². The molecule has 0 saturated carbocycles. The first kappa shape index (κ1) is 18.3. The van der Waals surface area contributed by atoms with Crippen LogP contribution in [0.2, 0.25) is 0 Å². The lowest BCUT2D eigenvalue weighted by Gasteiger charge is -2.39. The van der Waals surface area contributed by atoms with E-state index in [1.807, 2.05) is 6.08 Å². The van der Waals surface area contributed by atoms with Crippen LogP contribution in [0.15, 0.2) is 35.6 Å². The summed E-state index contributed by atoms with van der Waals surface area (Å²) in [6.07, 6.45) is 13.4. The molecule has 146 valence electrons. The number of carbonyl (C=O) groups excluding carboxylic acids is 2. The van der Waals surface area contributed by atoms with Gasteiger partial charge in [-0.15, -0.1) is 0 Å². The van der Waals surface area contributed by atoms with Crippen LogP contribution in [0.4, 0.5) is 0 Å². The van der Waals surface area contributed by atoms with Crippen molar-refractivity contribution in [2.75, 3.05) is 6.54 Å². The highest BCUT2D eigenvalue weighted by atomic mass is 16.2. The Kier molecular flexibility index (Phi) is 5.08. The maximum atomic E-state index is 12.8. The van der Waals surface area contributed by atoms with Crippen molar-refractivity contribution in [2.24, 2.45) is 11.7 Å². The van der Waals surface area contributed by atoms with Crippen molar-refractivity contribution < 1.29 is 9.59 Å². The lowest BCUT2D eigenvalue weighted by Crippen LogP contribution is -2.53. The molecule has 2 amide bonds. The van der Waals surface area contributed by atoms with Crippen LogP contribution < -0.4 is 16.4 Å². The minimum Gasteiger partial charge on any atom is -0.373 e. The standard InChI is InChI=1S/C21H30N4O2/c1-13-4-2-5-14-10-18(24-20(13)14)21(27)23-15-11-16-7-8-17(12-15)25(16)19(26)6-3-9-22/h2,4-5,10,14-17,20,24H,3,6-9,11-12,22H2,1H3,(H,23,27)/t14?,15?,16-,17+,20?. The van der Waals surface area contributed by atoms with Crippen LogP contribution in [0, 0.1) is 5.92 Å². The zero-order chi connectivity index (χ0) is 19.0. The first-order valence-corrected chi connectivity index (χ1v) is 10.2. The number of hydrogen-bond acceptors (Lipinski definition) is 4. The monoisotopic (exact) mass is 370 g/mol. The molecule has 0 aromatic carbocycles.